The molecule has 0 saturated heterocycles. The number of hydrogen-bond donors (Lipinski definition) is 1. The lowest BCUT2D eigenvalue weighted by Gasteiger charge is -2.31. The normalized spacial score (nSPS) is 18.4. The maximum Gasteiger partial charge on any atom is 0.00671 e. The summed E-state index contributed by atoms with van der Waals surface area (Å²) in [5, 5.41) is 0. The molecule has 1 saturated carbocycles. The molecular weight excluding hydrogens is 194 g/mol. The van der Waals surface area contributed by atoms with Gasteiger partial charge in [-0.3, -0.25) is 0 Å². The predicted octanol–water partition coefficient (Wildman–Crippen LogP) is 4.64. The molecule has 0 aromatic carbocycles. The lowest BCUT2D eigenvalue weighted by molar-refractivity contribution is 0.249. The van der Waals surface area contributed by atoms with Crippen LogP contribution < -0.4 is 5.73 Å². The first-order valence-electron chi connectivity index (χ1n) is 7.60. The second-order valence-electron chi connectivity index (χ2n) is 5.62. The van der Waals surface area contributed by atoms with Gasteiger partial charge >= 0.3 is 0 Å². The van der Waals surface area contributed by atoms with E-state index in [0.717, 1.165) is 5.92 Å². The van der Waals surface area contributed by atoms with Gasteiger partial charge in [-0.15, -0.1) is 0 Å². The summed E-state index contributed by atoms with van der Waals surface area (Å²) < 4.78 is 0. The standard InChI is InChI=1S/C15H31N/c1-2-3-4-5-6-7-8-9-13-15(16)14-11-10-12-14/h14-15H,2-13,16H2,1H3. The summed E-state index contributed by atoms with van der Waals surface area (Å²) in [5.74, 6) is 0.879. The molecule has 0 aromatic rings. The molecule has 16 heavy (non-hydrogen) atoms. The lowest BCUT2D eigenvalue weighted by Crippen LogP contribution is -2.34. The maximum atomic E-state index is 6.16. The average molecular weight is 225 g/mol. The zero-order valence-corrected chi connectivity index (χ0v) is 11.2. The number of unbranched alkanes of at least 4 members (excludes halogenated alkanes) is 7. The molecule has 96 valence electrons. The van der Waals surface area contributed by atoms with E-state index in [1.165, 1.54) is 77.0 Å². The predicted molar refractivity (Wildman–Crippen MR) is 72.5 cm³/mol. The van der Waals surface area contributed by atoms with Crippen molar-refractivity contribution in [3.05, 3.63) is 0 Å². The monoisotopic (exact) mass is 225 g/mol. The molecule has 1 fully saturated rings. The number of nitrogens with two attached hydrogens (primary N) is 1. The Morgan fingerprint density at radius 1 is 0.938 bits per heavy atom. The van der Waals surface area contributed by atoms with Crippen LogP contribution in [0.1, 0.15) is 84.0 Å². The van der Waals surface area contributed by atoms with Gasteiger partial charge in [0.1, 0.15) is 0 Å². The molecular formula is C15H31N. The molecule has 1 aliphatic carbocycles. The molecule has 1 rings (SSSR count). The SMILES string of the molecule is CCCCCCCCCCC(N)C1CCC1. The van der Waals surface area contributed by atoms with Crippen LogP contribution in [-0.4, -0.2) is 6.04 Å². The molecule has 0 aromatic heterocycles. The topological polar surface area (TPSA) is 26.0 Å². The number of rotatable bonds is 10. The van der Waals surface area contributed by atoms with Crippen LogP contribution in [0, 0.1) is 5.92 Å². The van der Waals surface area contributed by atoms with Gasteiger partial charge < -0.3 is 5.73 Å². The molecule has 1 nitrogen and oxygen atoms in total. The first-order valence-corrected chi connectivity index (χ1v) is 7.60. The Labute approximate surface area is 102 Å². The molecule has 0 amide bonds. The van der Waals surface area contributed by atoms with Gasteiger partial charge in [0.05, 0.1) is 0 Å². The van der Waals surface area contributed by atoms with E-state index in [2.05, 4.69) is 6.92 Å². The summed E-state index contributed by atoms with van der Waals surface area (Å²) in [7, 11) is 0. The molecule has 0 aliphatic heterocycles. The highest BCUT2D eigenvalue weighted by molar-refractivity contribution is 4.79. The summed E-state index contributed by atoms with van der Waals surface area (Å²) in [4.78, 5) is 0. The third-order valence-corrected chi connectivity index (χ3v) is 4.15. The van der Waals surface area contributed by atoms with Crippen molar-refractivity contribution >= 4 is 0 Å². The smallest absolute Gasteiger partial charge is 0.00671 e. The van der Waals surface area contributed by atoms with Crippen LogP contribution >= 0.6 is 0 Å². The van der Waals surface area contributed by atoms with Gasteiger partial charge in [-0.25, -0.2) is 0 Å². The molecule has 1 heteroatoms. The first kappa shape index (κ1) is 14.0. The van der Waals surface area contributed by atoms with E-state index in [-0.39, 0.29) is 0 Å². The van der Waals surface area contributed by atoms with Crippen LogP contribution in [-0.2, 0) is 0 Å². The second-order valence-corrected chi connectivity index (χ2v) is 5.62. The average Bonchev–Trinajstić information content (AvgIpc) is 2.19. The van der Waals surface area contributed by atoms with Crippen LogP contribution in [0.4, 0.5) is 0 Å². The minimum absolute atomic E-state index is 0.522. The van der Waals surface area contributed by atoms with Crippen LogP contribution in [0.2, 0.25) is 0 Å². The van der Waals surface area contributed by atoms with Gasteiger partial charge in [0.25, 0.3) is 0 Å². The molecule has 1 aliphatic rings. The highest BCUT2D eigenvalue weighted by Gasteiger charge is 2.23. The lowest BCUT2D eigenvalue weighted by atomic mass is 9.78. The fraction of sp³-hybridized carbons (Fsp3) is 1.00. The van der Waals surface area contributed by atoms with Crippen molar-refractivity contribution in [2.45, 2.75) is 90.0 Å². The van der Waals surface area contributed by atoms with E-state index in [0.29, 0.717) is 6.04 Å². The zero-order chi connectivity index (χ0) is 11.6. The van der Waals surface area contributed by atoms with Crippen LogP contribution in [0.25, 0.3) is 0 Å². The Kier molecular flexibility index (Phi) is 7.92. The molecule has 1 atom stereocenters. The Bertz CT molecular complexity index is 152. The van der Waals surface area contributed by atoms with Crippen molar-refractivity contribution in [1.82, 2.24) is 0 Å². The van der Waals surface area contributed by atoms with Gasteiger partial charge in [-0.05, 0) is 25.2 Å². The van der Waals surface area contributed by atoms with E-state index in [9.17, 15) is 0 Å². The fourth-order valence-electron chi connectivity index (χ4n) is 2.62. The highest BCUT2D eigenvalue weighted by Crippen LogP contribution is 2.30. The molecule has 0 spiro atoms. The van der Waals surface area contributed by atoms with Crippen molar-refractivity contribution in [3.8, 4) is 0 Å². The molecule has 0 heterocycles. The third kappa shape index (κ3) is 5.89. The zero-order valence-electron chi connectivity index (χ0n) is 11.2. The van der Waals surface area contributed by atoms with E-state index in [1.54, 1.807) is 0 Å². The summed E-state index contributed by atoms with van der Waals surface area (Å²) in [6.45, 7) is 2.28. The Morgan fingerprint density at radius 3 is 2.00 bits per heavy atom. The third-order valence-electron chi connectivity index (χ3n) is 4.15. The van der Waals surface area contributed by atoms with Gasteiger partial charge in [0, 0.05) is 6.04 Å². The Balaban J connectivity index is 1.77. The van der Waals surface area contributed by atoms with E-state index in [4.69, 9.17) is 5.73 Å². The minimum atomic E-state index is 0.522. The van der Waals surface area contributed by atoms with Crippen molar-refractivity contribution in [3.63, 3.8) is 0 Å². The Morgan fingerprint density at radius 2 is 1.50 bits per heavy atom. The minimum Gasteiger partial charge on any atom is -0.327 e. The largest absolute Gasteiger partial charge is 0.327 e. The van der Waals surface area contributed by atoms with Crippen molar-refractivity contribution in [2.75, 3.05) is 0 Å². The van der Waals surface area contributed by atoms with E-state index < -0.39 is 0 Å². The van der Waals surface area contributed by atoms with E-state index in [1.807, 2.05) is 0 Å². The summed E-state index contributed by atoms with van der Waals surface area (Å²) in [6.07, 6.45) is 16.8. The van der Waals surface area contributed by atoms with Gasteiger partial charge in [0.2, 0.25) is 0 Å². The van der Waals surface area contributed by atoms with Gasteiger partial charge in [-0.1, -0.05) is 64.7 Å². The quantitative estimate of drug-likeness (QED) is 0.538. The van der Waals surface area contributed by atoms with Crippen LogP contribution in [0.15, 0.2) is 0 Å². The van der Waals surface area contributed by atoms with Gasteiger partial charge in [-0.2, -0.15) is 0 Å². The summed E-state index contributed by atoms with van der Waals surface area (Å²) >= 11 is 0. The maximum absolute atomic E-state index is 6.16. The number of hydrogen-bond acceptors (Lipinski definition) is 1. The van der Waals surface area contributed by atoms with Crippen molar-refractivity contribution in [1.29, 1.82) is 0 Å². The molecule has 0 bridgehead atoms. The first-order chi connectivity index (χ1) is 7.84. The fourth-order valence-corrected chi connectivity index (χ4v) is 2.62. The second kappa shape index (κ2) is 9.04. The van der Waals surface area contributed by atoms with Crippen LogP contribution in [0.5, 0.6) is 0 Å². The molecule has 2 N–H and O–H groups in total. The van der Waals surface area contributed by atoms with E-state index >= 15 is 0 Å². The Hall–Kier alpha value is -0.0400. The summed E-state index contributed by atoms with van der Waals surface area (Å²) in [6, 6.07) is 0.522. The molecule has 0 radical (unpaired) electrons. The van der Waals surface area contributed by atoms with Crippen LogP contribution in [0.3, 0.4) is 0 Å². The molecule has 1 unspecified atom stereocenters. The van der Waals surface area contributed by atoms with Crippen molar-refractivity contribution < 1.29 is 0 Å². The van der Waals surface area contributed by atoms with Gasteiger partial charge in [0.15, 0.2) is 0 Å². The summed E-state index contributed by atoms with van der Waals surface area (Å²) in [5.41, 5.74) is 6.16. The van der Waals surface area contributed by atoms with Crippen molar-refractivity contribution in [2.24, 2.45) is 11.7 Å². The highest BCUT2D eigenvalue weighted by atomic mass is 14.7.